The predicted octanol–water partition coefficient (Wildman–Crippen LogP) is 4.89. The Morgan fingerprint density at radius 2 is 1.74 bits per heavy atom. The van der Waals surface area contributed by atoms with Crippen molar-refractivity contribution in [3.63, 3.8) is 0 Å². The Morgan fingerprint density at radius 1 is 1.00 bits per heavy atom. The summed E-state index contributed by atoms with van der Waals surface area (Å²) in [6.45, 7) is 6.55. The van der Waals surface area contributed by atoms with E-state index >= 15 is 0 Å². The molecule has 1 amide bonds. The third-order valence-electron chi connectivity index (χ3n) is 5.02. The Morgan fingerprint density at radius 3 is 2.48 bits per heavy atom. The smallest absolute Gasteiger partial charge is 0.254 e. The zero-order valence-corrected chi connectivity index (χ0v) is 16.3. The quantitative estimate of drug-likeness (QED) is 0.729. The monoisotopic (exact) mass is 367 g/mol. The van der Waals surface area contributed by atoms with E-state index in [1.165, 1.54) is 5.56 Å². The van der Waals surface area contributed by atoms with Crippen molar-refractivity contribution in [1.29, 1.82) is 0 Å². The zero-order chi connectivity index (χ0) is 19.1. The van der Waals surface area contributed by atoms with Gasteiger partial charge >= 0.3 is 0 Å². The first kappa shape index (κ1) is 19.3. The first-order valence-corrected chi connectivity index (χ1v) is 9.96. The molecule has 0 saturated carbocycles. The van der Waals surface area contributed by atoms with Gasteiger partial charge in [0.2, 0.25) is 0 Å². The Labute approximate surface area is 162 Å². The maximum atomic E-state index is 13.2. The van der Waals surface area contributed by atoms with Crippen LogP contribution < -0.4 is 9.47 Å². The summed E-state index contributed by atoms with van der Waals surface area (Å²) in [4.78, 5) is 15.2. The highest BCUT2D eigenvalue weighted by Gasteiger charge is 2.24. The van der Waals surface area contributed by atoms with Gasteiger partial charge in [0, 0.05) is 24.6 Å². The molecular formula is C23H29NO3. The average Bonchev–Trinajstić information content (AvgIpc) is 2.96. The molecule has 2 aromatic carbocycles. The first-order chi connectivity index (χ1) is 13.2. The Balaban J connectivity index is 1.80. The predicted molar refractivity (Wildman–Crippen MR) is 108 cm³/mol. The lowest BCUT2D eigenvalue weighted by atomic mass is 9.94. The molecule has 1 unspecified atom stereocenters. The Kier molecular flexibility index (Phi) is 6.74. The third-order valence-corrected chi connectivity index (χ3v) is 5.02. The summed E-state index contributed by atoms with van der Waals surface area (Å²) in [5.74, 6) is 1.79. The van der Waals surface area contributed by atoms with Crippen molar-refractivity contribution in [2.24, 2.45) is 0 Å². The molecule has 1 aliphatic rings. The van der Waals surface area contributed by atoms with E-state index in [1.54, 1.807) is 0 Å². The van der Waals surface area contributed by atoms with Gasteiger partial charge in [-0.05, 0) is 50.5 Å². The average molecular weight is 367 g/mol. The molecule has 0 aliphatic carbocycles. The van der Waals surface area contributed by atoms with Gasteiger partial charge in [0.25, 0.3) is 5.91 Å². The van der Waals surface area contributed by atoms with Crippen LogP contribution >= 0.6 is 0 Å². The van der Waals surface area contributed by atoms with E-state index in [-0.39, 0.29) is 5.91 Å². The molecule has 0 radical (unpaired) electrons. The van der Waals surface area contributed by atoms with E-state index in [2.05, 4.69) is 24.3 Å². The van der Waals surface area contributed by atoms with Crippen molar-refractivity contribution in [2.45, 2.75) is 39.0 Å². The van der Waals surface area contributed by atoms with Gasteiger partial charge in [-0.25, -0.2) is 0 Å². The van der Waals surface area contributed by atoms with E-state index in [0.29, 0.717) is 36.2 Å². The standard InChI is InChI=1S/C23H29NO3/c1-3-26-21-14-13-19(16-22(21)27-4-2)23(25)24-15-9-8-12-20(17-24)18-10-6-5-7-11-18/h5-7,10-11,13-14,16,20H,3-4,8-9,12,15,17H2,1-2H3. The van der Waals surface area contributed by atoms with Crippen LogP contribution in [0.2, 0.25) is 0 Å². The highest BCUT2D eigenvalue weighted by atomic mass is 16.5. The van der Waals surface area contributed by atoms with Crippen LogP contribution in [-0.2, 0) is 0 Å². The number of ether oxygens (including phenoxy) is 2. The van der Waals surface area contributed by atoms with Crippen molar-refractivity contribution in [1.82, 2.24) is 4.90 Å². The van der Waals surface area contributed by atoms with E-state index in [9.17, 15) is 4.79 Å². The van der Waals surface area contributed by atoms with E-state index < -0.39 is 0 Å². The summed E-state index contributed by atoms with van der Waals surface area (Å²) in [7, 11) is 0. The lowest BCUT2D eigenvalue weighted by Crippen LogP contribution is -2.34. The minimum atomic E-state index is 0.0711. The number of rotatable bonds is 6. The fourth-order valence-electron chi connectivity index (χ4n) is 3.69. The number of nitrogens with zero attached hydrogens (tertiary/aromatic N) is 1. The molecule has 0 N–H and O–H groups in total. The highest BCUT2D eigenvalue weighted by molar-refractivity contribution is 5.95. The lowest BCUT2D eigenvalue weighted by Gasteiger charge is -2.25. The van der Waals surface area contributed by atoms with Gasteiger partial charge in [-0.15, -0.1) is 0 Å². The van der Waals surface area contributed by atoms with Gasteiger partial charge in [-0.2, -0.15) is 0 Å². The van der Waals surface area contributed by atoms with Crippen molar-refractivity contribution < 1.29 is 14.3 Å². The molecule has 1 heterocycles. The van der Waals surface area contributed by atoms with Gasteiger partial charge in [0.05, 0.1) is 13.2 Å². The number of carbonyl (C=O) groups excluding carboxylic acids is 1. The number of likely N-dealkylation sites (tertiary alicyclic amines) is 1. The van der Waals surface area contributed by atoms with Crippen LogP contribution in [0.25, 0.3) is 0 Å². The fourth-order valence-corrected chi connectivity index (χ4v) is 3.69. The van der Waals surface area contributed by atoms with Gasteiger partial charge in [-0.3, -0.25) is 4.79 Å². The van der Waals surface area contributed by atoms with E-state index in [4.69, 9.17) is 9.47 Å². The van der Waals surface area contributed by atoms with Crippen LogP contribution in [0.1, 0.15) is 54.9 Å². The summed E-state index contributed by atoms with van der Waals surface area (Å²) in [5, 5.41) is 0. The zero-order valence-electron chi connectivity index (χ0n) is 16.3. The number of amides is 1. The normalized spacial score (nSPS) is 17.3. The second kappa shape index (κ2) is 9.45. The largest absolute Gasteiger partial charge is 0.490 e. The molecule has 0 bridgehead atoms. The maximum Gasteiger partial charge on any atom is 0.254 e. The summed E-state index contributed by atoms with van der Waals surface area (Å²) in [6, 6.07) is 16.0. The molecule has 27 heavy (non-hydrogen) atoms. The van der Waals surface area contributed by atoms with Crippen LogP contribution in [0.4, 0.5) is 0 Å². The lowest BCUT2D eigenvalue weighted by molar-refractivity contribution is 0.0754. The summed E-state index contributed by atoms with van der Waals surface area (Å²) < 4.78 is 11.3. The molecule has 0 spiro atoms. The topological polar surface area (TPSA) is 38.8 Å². The van der Waals surface area contributed by atoms with Crippen LogP contribution in [0, 0.1) is 0 Å². The van der Waals surface area contributed by atoms with Crippen LogP contribution in [0.5, 0.6) is 11.5 Å². The second-order valence-electron chi connectivity index (χ2n) is 6.88. The minimum Gasteiger partial charge on any atom is -0.490 e. The van der Waals surface area contributed by atoms with Gasteiger partial charge < -0.3 is 14.4 Å². The second-order valence-corrected chi connectivity index (χ2v) is 6.88. The number of carbonyl (C=O) groups is 1. The SMILES string of the molecule is CCOc1ccc(C(=O)N2CCCCC(c3ccccc3)C2)cc1OCC. The molecule has 144 valence electrons. The van der Waals surface area contributed by atoms with Gasteiger partial charge in [-0.1, -0.05) is 36.8 Å². The molecular weight excluding hydrogens is 338 g/mol. The molecule has 3 rings (SSSR count). The van der Waals surface area contributed by atoms with E-state index in [1.807, 2.05) is 43.0 Å². The van der Waals surface area contributed by atoms with Crippen LogP contribution in [-0.4, -0.2) is 37.1 Å². The van der Waals surface area contributed by atoms with Crippen molar-refractivity contribution >= 4 is 5.91 Å². The minimum absolute atomic E-state index is 0.0711. The molecule has 1 atom stereocenters. The van der Waals surface area contributed by atoms with Crippen LogP contribution in [0.15, 0.2) is 48.5 Å². The molecule has 4 heteroatoms. The molecule has 1 aliphatic heterocycles. The molecule has 2 aromatic rings. The maximum absolute atomic E-state index is 13.2. The number of hydrogen-bond acceptors (Lipinski definition) is 3. The Bertz CT molecular complexity index is 745. The van der Waals surface area contributed by atoms with Crippen LogP contribution in [0.3, 0.4) is 0 Å². The number of benzene rings is 2. The first-order valence-electron chi connectivity index (χ1n) is 9.96. The van der Waals surface area contributed by atoms with Gasteiger partial charge in [0.1, 0.15) is 0 Å². The summed E-state index contributed by atoms with van der Waals surface area (Å²) in [5.41, 5.74) is 1.98. The highest BCUT2D eigenvalue weighted by Crippen LogP contribution is 2.31. The summed E-state index contributed by atoms with van der Waals surface area (Å²) >= 11 is 0. The Hall–Kier alpha value is -2.49. The fraction of sp³-hybridized carbons (Fsp3) is 0.435. The van der Waals surface area contributed by atoms with Crippen molar-refractivity contribution in [2.75, 3.05) is 26.3 Å². The van der Waals surface area contributed by atoms with E-state index in [0.717, 1.165) is 32.4 Å². The van der Waals surface area contributed by atoms with Crippen molar-refractivity contribution in [3.05, 3.63) is 59.7 Å². The molecule has 1 saturated heterocycles. The van der Waals surface area contributed by atoms with Gasteiger partial charge in [0.15, 0.2) is 11.5 Å². The molecule has 4 nitrogen and oxygen atoms in total. The molecule has 0 aromatic heterocycles. The van der Waals surface area contributed by atoms with Crippen molar-refractivity contribution in [3.8, 4) is 11.5 Å². The third kappa shape index (κ3) is 4.82. The number of hydrogen-bond donors (Lipinski definition) is 0. The summed E-state index contributed by atoms with van der Waals surface area (Å²) in [6.07, 6.45) is 3.32. The molecule has 1 fully saturated rings.